The quantitative estimate of drug-likeness (QED) is 0.200. The number of anilines is 1. The summed E-state index contributed by atoms with van der Waals surface area (Å²) in [6.07, 6.45) is -4.04. The van der Waals surface area contributed by atoms with E-state index < -0.39 is 17.8 Å². The Balaban J connectivity index is 1.65. The van der Waals surface area contributed by atoms with Gasteiger partial charge in [0.15, 0.2) is 10.8 Å². The van der Waals surface area contributed by atoms with Gasteiger partial charge in [0.1, 0.15) is 10.6 Å². The number of hydrogen-bond acceptors (Lipinski definition) is 5. The van der Waals surface area contributed by atoms with E-state index >= 15 is 0 Å². The first-order valence-electron chi connectivity index (χ1n) is 10.2. The second kappa shape index (κ2) is 10.9. The van der Waals surface area contributed by atoms with Crippen LogP contribution in [-0.4, -0.2) is 34.5 Å². The second-order valence-electron chi connectivity index (χ2n) is 7.30. The van der Waals surface area contributed by atoms with Gasteiger partial charge in [-0.2, -0.15) is 18.3 Å². The van der Waals surface area contributed by atoms with Gasteiger partial charge in [0.2, 0.25) is 0 Å². The minimum atomic E-state index is -4.52. The maximum atomic E-state index is 13.0. The number of nitrogens with zero attached hydrogens (tertiary/aromatic N) is 2. The van der Waals surface area contributed by atoms with Gasteiger partial charge in [-0.25, -0.2) is 4.79 Å². The highest BCUT2D eigenvalue weighted by atomic mass is 79.9. The second-order valence-corrected chi connectivity index (χ2v) is 9.72. The molecule has 0 aliphatic heterocycles. The predicted octanol–water partition coefficient (Wildman–Crippen LogP) is 6.17. The van der Waals surface area contributed by atoms with Gasteiger partial charge in [-0.15, -0.1) is 11.3 Å². The first-order chi connectivity index (χ1) is 16.0. The van der Waals surface area contributed by atoms with E-state index in [1.54, 1.807) is 6.92 Å². The fourth-order valence-corrected chi connectivity index (χ4v) is 5.23. The van der Waals surface area contributed by atoms with E-state index in [1.165, 1.54) is 23.1 Å². The molecule has 0 unspecified atom stereocenters. The number of rotatable bonds is 7. The van der Waals surface area contributed by atoms with Crippen molar-refractivity contribution in [2.24, 2.45) is 0 Å². The van der Waals surface area contributed by atoms with Gasteiger partial charge in [0, 0.05) is 23.5 Å². The van der Waals surface area contributed by atoms with E-state index in [1.807, 2.05) is 37.3 Å². The summed E-state index contributed by atoms with van der Waals surface area (Å²) in [6, 6.07) is 9.52. The molecule has 0 radical (unpaired) electrons. The molecule has 0 atom stereocenters. The summed E-state index contributed by atoms with van der Waals surface area (Å²) in [6.45, 7) is 4.16. The number of halogens is 4. The molecular weight excluding hydrogens is 553 g/mol. The van der Waals surface area contributed by atoms with Crippen LogP contribution in [0.1, 0.15) is 33.0 Å². The maximum absolute atomic E-state index is 13.0. The lowest BCUT2D eigenvalue weighted by Crippen LogP contribution is -2.30. The Labute approximate surface area is 212 Å². The van der Waals surface area contributed by atoms with Gasteiger partial charge in [-0.05, 0) is 54.0 Å². The van der Waals surface area contributed by atoms with Crippen LogP contribution in [0.4, 0.5) is 18.2 Å². The molecule has 0 saturated heterocycles. The van der Waals surface area contributed by atoms with Crippen LogP contribution in [-0.2, 0) is 17.5 Å². The summed E-state index contributed by atoms with van der Waals surface area (Å²) < 4.78 is 45.3. The zero-order valence-electron chi connectivity index (χ0n) is 18.5. The largest absolute Gasteiger partial charge is 0.465 e. The molecule has 6 nitrogen and oxygen atoms in total. The molecule has 0 saturated carbocycles. The number of aromatic nitrogens is 2. The SMILES string of the molecule is COC(=O)c1c(NC(=S)NCCCn2nc(C(F)(F)F)c(Br)c2C)sc(C)c1-c1ccccc1. The van der Waals surface area contributed by atoms with Crippen LogP contribution in [0.5, 0.6) is 0 Å². The molecule has 34 heavy (non-hydrogen) atoms. The van der Waals surface area contributed by atoms with E-state index in [0.717, 1.165) is 16.0 Å². The van der Waals surface area contributed by atoms with Crippen LogP contribution in [0.15, 0.2) is 34.8 Å². The number of nitrogens with one attached hydrogen (secondary N) is 2. The minimum absolute atomic E-state index is 0.0530. The van der Waals surface area contributed by atoms with E-state index in [4.69, 9.17) is 17.0 Å². The lowest BCUT2D eigenvalue weighted by molar-refractivity contribution is -0.142. The van der Waals surface area contributed by atoms with E-state index in [2.05, 4.69) is 31.7 Å². The van der Waals surface area contributed by atoms with Crippen LogP contribution in [0, 0.1) is 13.8 Å². The number of ether oxygens (including phenoxy) is 1. The molecule has 2 N–H and O–H groups in total. The lowest BCUT2D eigenvalue weighted by Gasteiger charge is -2.12. The smallest absolute Gasteiger partial charge is 0.436 e. The molecule has 182 valence electrons. The number of carbonyl (C=O) groups excluding carboxylic acids is 1. The number of thiophene rings is 1. The van der Waals surface area contributed by atoms with Gasteiger partial charge < -0.3 is 15.4 Å². The molecule has 3 aromatic rings. The Morgan fingerprint density at radius 2 is 1.94 bits per heavy atom. The molecule has 0 aliphatic carbocycles. The molecule has 12 heteroatoms. The fourth-order valence-electron chi connectivity index (χ4n) is 3.38. The van der Waals surface area contributed by atoms with Gasteiger partial charge in [-0.1, -0.05) is 30.3 Å². The Kier molecular flexibility index (Phi) is 8.37. The van der Waals surface area contributed by atoms with Crippen LogP contribution < -0.4 is 10.6 Å². The summed E-state index contributed by atoms with van der Waals surface area (Å²) >= 11 is 9.73. The van der Waals surface area contributed by atoms with Crippen molar-refractivity contribution in [1.29, 1.82) is 0 Å². The van der Waals surface area contributed by atoms with Crippen molar-refractivity contribution in [3.05, 3.63) is 56.6 Å². The topological polar surface area (TPSA) is 68.2 Å². The molecular formula is C22H22BrF3N4O2S2. The number of aryl methyl sites for hydroxylation is 2. The number of benzene rings is 1. The molecule has 0 bridgehead atoms. The van der Waals surface area contributed by atoms with E-state index in [0.29, 0.717) is 34.3 Å². The highest BCUT2D eigenvalue weighted by Crippen LogP contribution is 2.40. The zero-order valence-corrected chi connectivity index (χ0v) is 21.8. The monoisotopic (exact) mass is 574 g/mol. The van der Waals surface area contributed by atoms with Crippen molar-refractivity contribution in [2.75, 3.05) is 19.0 Å². The van der Waals surface area contributed by atoms with Gasteiger partial charge in [-0.3, -0.25) is 4.68 Å². The predicted molar refractivity (Wildman–Crippen MR) is 134 cm³/mol. The van der Waals surface area contributed by atoms with Gasteiger partial charge >= 0.3 is 12.1 Å². The zero-order chi connectivity index (χ0) is 25.0. The minimum Gasteiger partial charge on any atom is -0.465 e. The highest BCUT2D eigenvalue weighted by Gasteiger charge is 2.37. The molecule has 0 amide bonds. The van der Waals surface area contributed by atoms with Crippen molar-refractivity contribution in [3.8, 4) is 11.1 Å². The van der Waals surface area contributed by atoms with Crippen molar-refractivity contribution < 1.29 is 22.7 Å². The summed E-state index contributed by atoms with van der Waals surface area (Å²) in [5, 5.41) is 10.6. The molecule has 0 spiro atoms. The Bertz CT molecular complexity index is 1190. The average Bonchev–Trinajstić information content (AvgIpc) is 3.27. The third-order valence-electron chi connectivity index (χ3n) is 5.00. The Morgan fingerprint density at radius 1 is 1.26 bits per heavy atom. The molecule has 1 aromatic carbocycles. The summed E-state index contributed by atoms with van der Waals surface area (Å²) in [7, 11) is 1.32. The third kappa shape index (κ3) is 5.78. The van der Waals surface area contributed by atoms with Crippen molar-refractivity contribution in [2.45, 2.75) is 33.0 Å². The fraction of sp³-hybridized carbons (Fsp3) is 0.318. The number of esters is 1. The average molecular weight is 575 g/mol. The van der Waals surface area contributed by atoms with Gasteiger partial charge in [0.05, 0.1) is 17.3 Å². The van der Waals surface area contributed by atoms with Crippen LogP contribution >= 0.6 is 39.5 Å². The molecule has 0 aliphatic rings. The maximum Gasteiger partial charge on any atom is 0.436 e. The van der Waals surface area contributed by atoms with Crippen molar-refractivity contribution >= 4 is 55.6 Å². The van der Waals surface area contributed by atoms with Crippen LogP contribution in [0.25, 0.3) is 11.1 Å². The first-order valence-corrected chi connectivity index (χ1v) is 12.2. The van der Waals surface area contributed by atoms with Crippen molar-refractivity contribution in [3.63, 3.8) is 0 Å². The standard InChI is InChI=1S/C22H22BrF3N4O2S2/c1-12-17(23)18(22(24,25)26)29-30(12)11-7-10-27-21(33)28-19-16(20(31)32-3)15(13(2)34-19)14-8-5-4-6-9-14/h4-6,8-9H,7,10-11H2,1-3H3,(H2,27,28,33). The first kappa shape index (κ1) is 26.2. The third-order valence-corrected chi connectivity index (χ3v) is 7.21. The summed E-state index contributed by atoms with van der Waals surface area (Å²) in [5.41, 5.74) is 1.54. The Hall–Kier alpha value is -2.44. The van der Waals surface area contributed by atoms with Crippen molar-refractivity contribution in [1.82, 2.24) is 15.1 Å². The molecule has 0 fully saturated rings. The van der Waals surface area contributed by atoms with E-state index in [-0.39, 0.29) is 11.0 Å². The number of hydrogen-bond donors (Lipinski definition) is 2. The number of thiocarbonyl (C=S) groups is 1. The number of carbonyl (C=O) groups is 1. The van der Waals surface area contributed by atoms with Crippen LogP contribution in [0.3, 0.4) is 0 Å². The number of alkyl halides is 3. The van der Waals surface area contributed by atoms with Crippen LogP contribution in [0.2, 0.25) is 0 Å². The normalized spacial score (nSPS) is 11.4. The molecule has 2 heterocycles. The summed E-state index contributed by atoms with van der Waals surface area (Å²) in [4.78, 5) is 13.5. The number of methoxy groups -OCH3 is 1. The molecule has 3 rings (SSSR count). The summed E-state index contributed by atoms with van der Waals surface area (Å²) in [5.74, 6) is -0.478. The lowest BCUT2D eigenvalue weighted by atomic mass is 10.0. The highest BCUT2D eigenvalue weighted by molar-refractivity contribution is 9.10. The van der Waals surface area contributed by atoms with Gasteiger partial charge in [0.25, 0.3) is 0 Å². The Morgan fingerprint density at radius 3 is 2.53 bits per heavy atom. The van der Waals surface area contributed by atoms with E-state index in [9.17, 15) is 18.0 Å². The molecule has 2 aromatic heterocycles.